The van der Waals surface area contributed by atoms with E-state index in [4.69, 9.17) is 14.2 Å². The Bertz CT molecular complexity index is 871. The number of ether oxygens (including phenoxy) is 3. The van der Waals surface area contributed by atoms with Crippen LogP contribution in [0, 0.1) is 13.8 Å². The molecule has 0 bridgehead atoms. The molecule has 0 spiro atoms. The van der Waals surface area contributed by atoms with Gasteiger partial charge in [-0.2, -0.15) is 0 Å². The summed E-state index contributed by atoms with van der Waals surface area (Å²) in [6, 6.07) is 11.1. The van der Waals surface area contributed by atoms with Gasteiger partial charge in [0.2, 0.25) is 0 Å². The van der Waals surface area contributed by atoms with Gasteiger partial charge in [-0.1, -0.05) is 6.07 Å². The molecule has 0 radical (unpaired) electrons. The lowest BCUT2D eigenvalue weighted by molar-refractivity contribution is -0.118. The number of amides is 1. The van der Waals surface area contributed by atoms with Crippen LogP contribution in [0.2, 0.25) is 0 Å². The predicted molar refractivity (Wildman–Crippen MR) is 111 cm³/mol. The molecule has 0 atom stereocenters. The van der Waals surface area contributed by atoms with Crippen LogP contribution in [-0.4, -0.2) is 51.9 Å². The van der Waals surface area contributed by atoms with E-state index in [9.17, 15) is 9.59 Å². The molecule has 2 aromatic rings. The highest BCUT2D eigenvalue weighted by Gasteiger charge is 2.18. The summed E-state index contributed by atoms with van der Waals surface area (Å²) in [4.78, 5) is 26.8. The molecule has 1 heterocycles. The third-order valence-corrected chi connectivity index (χ3v) is 4.62. The van der Waals surface area contributed by atoms with Gasteiger partial charge in [0, 0.05) is 18.8 Å². The second-order valence-corrected chi connectivity index (χ2v) is 6.98. The molecule has 7 heteroatoms. The quantitative estimate of drug-likeness (QED) is 0.754. The minimum atomic E-state index is -0.509. The van der Waals surface area contributed by atoms with Crippen molar-refractivity contribution in [2.24, 2.45) is 0 Å². The van der Waals surface area contributed by atoms with Crippen molar-refractivity contribution < 1.29 is 23.8 Å². The van der Waals surface area contributed by atoms with E-state index in [1.54, 1.807) is 12.1 Å². The molecule has 0 unspecified atom stereocenters. The largest absolute Gasteiger partial charge is 0.484 e. The standard InChI is InChI=1S/C22H26N2O5/c1-15-10-16(2)12-18(11-15)29-14-21(25)23-20-5-4-17(13-19(20)22(26)27-3)24-6-8-28-9-7-24/h4-5,10-13H,6-9,14H2,1-3H3,(H,23,25). The first-order valence-corrected chi connectivity index (χ1v) is 9.52. The summed E-state index contributed by atoms with van der Waals surface area (Å²) in [5.41, 5.74) is 3.71. The monoisotopic (exact) mass is 398 g/mol. The summed E-state index contributed by atoms with van der Waals surface area (Å²) in [5, 5.41) is 2.75. The number of esters is 1. The van der Waals surface area contributed by atoms with Crippen molar-refractivity contribution in [1.29, 1.82) is 0 Å². The highest BCUT2D eigenvalue weighted by atomic mass is 16.5. The molecule has 0 aliphatic carbocycles. The lowest BCUT2D eigenvalue weighted by Crippen LogP contribution is -2.36. The van der Waals surface area contributed by atoms with E-state index < -0.39 is 5.97 Å². The molecule has 1 N–H and O–H groups in total. The number of rotatable bonds is 6. The molecule has 1 saturated heterocycles. The van der Waals surface area contributed by atoms with E-state index in [-0.39, 0.29) is 12.5 Å². The van der Waals surface area contributed by atoms with Crippen LogP contribution in [0.1, 0.15) is 21.5 Å². The second kappa shape index (κ2) is 9.43. The smallest absolute Gasteiger partial charge is 0.340 e. The van der Waals surface area contributed by atoms with Crippen LogP contribution in [0.4, 0.5) is 11.4 Å². The zero-order chi connectivity index (χ0) is 20.8. The maximum Gasteiger partial charge on any atom is 0.340 e. The van der Waals surface area contributed by atoms with Gasteiger partial charge in [-0.25, -0.2) is 4.79 Å². The number of nitrogens with one attached hydrogen (secondary N) is 1. The van der Waals surface area contributed by atoms with Gasteiger partial charge in [0.25, 0.3) is 5.91 Å². The van der Waals surface area contributed by atoms with Crippen molar-refractivity contribution in [3.05, 3.63) is 53.1 Å². The first kappa shape index (κ1) is 20.7. The molecular weight excluding hydrogens is 372 g/mol. The van der Waals surface area contributed by atoms with Crippen molar-refractivity contribution >= 4 is 23.3 Å². The zero-order valence-corrected chi connectivity index (χ0v) is 17.0. The molecule has 7 nitrogen and oxygen atoms in total. The topological polar surface area (TPSA) is 77.1 Å². The number of benzene rings is 2. The van der Waals surface area contributed by atoms with Crippen LogP contribution >= 0.6 is 0 Å². The Hall–Kier alpha value is -3.06. The number of anilines is 2. The average Bonchev–Trinajstić information content (AvgIpc) is 2.72. The Morgan fingerprint density at radius 3 is 2.41 bits per heavy atom. The number of hydrogen-bond donors (Lipinski definition) is 1. The summed E-state index contributed by atoms with van der Waals surface area (Å²) < 4.78 is 15.9. The Kier molecular flexibility index (Phi) is 6.72. The normalized spacial score (nSPS) is 13.7. The van der Waals surface area contributed by atoms with Crippen molar-refractivity contribution in [2.75, 3.05) is 50.2 Å². The molecule has 1 fully saturated rings. The third kappa shape index (κ3) is 5.48. The fourth-order valence-corrected chi connectivity index (χ4v) is 3.29. The van der Waals surface area contributed by atoms with Gasteiger partial charge in [-0.15, -0.1) is 0 Å². The SMILES string of the molecule is COC(=O)c1cc(N2CCOCC2)ccc1NC(=O)COc1cc(C)cc(C)c1. The van der Waals surface area contributed by atoms with E-state index >= 15 is 0 Å². The molecular formula is C22H26N2O5. The van der Waals surface area contributed by atoms with Crippen molar-refractivity contribution in [2.45, 2.75) is 13.8 Å². The predicted octanol–water partition coefficient (Wildman–Crippen LogP) is 2.94. The molecule has 3 rings (SSSR count). The van der Waals surface area contributed by atoms with Crippen LogP contribution in [-0.2, 0) is 14.3 Å². The average molecular weight is 398 g/mol. The first-order valence-electron chi connectivity index (χ1n) is 9.52. The lowest BCUT2D eigenvalue weighted by atomic mass is 10.1. The van der Waals surface area contributed by atoms with Gasteiger partial charge in [0.15, 0.2) is 6.61 Å². The summed E-state index contributed by atoms with van der Waals surface area (Å²) in [7, 11) is 1.32. The highest BCUT2D eigenvalue weighted by molar-refractivity contribution is 6.02. The van der Waals surface area contributed by atoms with Crippen LogP contribution in [0.3, 0.4) is 0 Å². The van der Waals surface area contributed by atoms with E-state index in [2.05, 4.69) is 10.2 Å². The van der Waals surface area contributed by atoms with E-state index in [0.29, 0.717) is 30.2 Å². The Balaban J connectivity index is 1.71. The molecule has 29 heavy (non-hydrogen) atoms. The number of methoxy groups -OCH3 is 1. The molecule has 0 saturated carbocycles. The van der Waals surface area contributed by atoms with E-state index in [1.165, 1.54) is 7.11 Å². The van der Waals surface area contributed by atoms with Gasteiger partial charge < -0.3 is 24.4 Å². The number of carbonyl (C=O) groups excluding carboxylic acids is 2. The Labute approximate surface area is 170 Å². The van der Waals surface area contributed by atoms with Gasteiger partial charge in [-0.05, 0) is 55.3 Å². The first-order chi connectivity index (χ1) is 14.0. The van der Waals surface area contributed by atoms with Gasteiger partial charge in [0.1, 0.15) is 5.75 Å². The molecule has 1 aliphatic rings. The number of nitrogens with zero attached hydrogens (tertiary/aromatic N) is 1. The van der Waals surface area contributed by atoms with Crippen LogP contribution in [0.25, 0.3) is 0 Å². The van der Waals surface area contributed by atoms with Crippen molar-refractivity contribution in [3.8, 4) is 5.75 Å². The number of aryl methyl sites for hydroxylation is 2. The van der Waals surface area contributed by atoms with Crippen molar-refractivity contribution in [3.63, 3.8) is 0 Å². The lowest BCUT2D eigenvalue weighted by Gasteiger charge is -2.29. The van der Waals surface area contributed by atoms with Crippen LogP contribution in [0.15, 0.2) is 36.4 Å². The van der Waals surface area contributed by atoms with Gasteiger partial charge in [0.05, 0.1) is 31.6 Å². The number of carbonyl (C=O) groups is 2. The maximum absolute atomic E-state index is 12.4. The number of hydrogen-bond acceptors (Lipinski definition) is 6. The summed E-state index contributed by atoms with van der Waals surface area (Å²) in [6.45, 7) is 6.56. The van der Waals surface area contributed by atoms with E-state index in [1.807, 2.05) is 38.1 Å². The molecule has 1 aliphatic heterocycles. The Morgan fingerprint density at radius 1 is 1.07 bits per heavy atom. The second-order valence-electron chi connectivity index (χ2n) is 6.98. The maximum atomic E-state index is 12.4. The van der Waals surface area contributed by atoms with Gasteiger partial charge >= 0.3 is 5.97 Å². The Morgan fingerprint density at radius 2 is 1.76 bits per heavy atom. The minimum Gasteiger partial charge on any atom is -0.484 e. The van der Waals surface area contributed by atoms with E-state index in [0.717, 1.165) is 29.9 Å². The molecule has 1 amide bonds. The third-order valence-electron chi connectivity index (χ3n) is 4.62. The van der Waals surface area contributed by atoms with Crippen LogP contribution in [0.5, 0.6) is 5.75 Å². The van der Waals surface area contributed by atoms with Gasteiger partial charge in [-0.3, -0.25) is 4.79 Å². The molecule has 0 aromatic heterocycles. The number of morpholine rings is 1. The van der Waals surface area contributed by atoms with Crippen molar-refractivity contribution in [1.82, 2.24) is 0 Å². The zero-order valence-electron chi connectivity index (χ0n) is 17.0. The fourth-order valence-electron chi connectivity index (χ4n) is 3.29. The minimum absolute atomic E-state index is 0.158. The summed E-state index contributed by atoms with van der Waals surface area (Å²) >= 11 is 0. The highest BCUT2D eigenvalue weighted by Crippen LogP contribution is 2.25. The van der Waals surface area contributed by atoms with Crippen LogP contribution < -0.4 is 15.0 Å². The summed E-state index contributed by atoms with van der Waals surface area (Å²) in [5.74, 6) is -0.229. The fraction of sp³-hybridized carbons (Fsp3) is 0.364. The summed E-state index contributed by atoms with van der Waals surface area (Å²) in [6.07, 6.45) is 0. The molecule has 2 aromatic carbocycles. The molecule has 154 valence electrons.